The van der Waals surface area contributed by atoms with Gasteiger partial charge in [-0.1, -0.05) is 48.5 Å². The van der Waals surface area contributed by atoms with E-state index >= 15 is 0 Å². The van der Waals surface area contributed by atoms with E-state index in [9.17, 15) is 9.90 Å². The smallest absolute Gasteiger partial charge is 0.132 e. The quantitative estimate of drug-likeness (QED) is 0.911. The fourth-order valence-corrected chi connectivity index (χ4v) is 3.02. The van der Waals surface area contributed by atoms with Gasteiger partial charge in [0.15, 0.2) is 0 Å². The normalized spacial score (nSPS) is 14.8. The molecule has 1 N–H and O–H groups in total. The summed E-state index contributed by atoms with van der Waals surface area (Å²) in [5.74, 6) is -0.0642. The van der Waals surface area contributed by atoms with Gasteiger partial charge in [-0.25, -0.2) is 0 Å². The number of rotatable bonds is 3. The lowest BCUT2D eigenvalue weighted by atomic mass is 9.89. The molecule has 1 aliphatic rings. The first-order chi connectivity index (χ1) is 9.18. The van der Waals surface area contributed by atoms with Crippen LogP contribution in [0.25, 0.3) is 11.1 Å². The molecule has 0 spiro atoms. The van der Waals surface area contributed by atoms with Crippen LogP contribution in [0, 0.1) is 0 Å². The van der Waals surface area contributed by atoms with Gasteiger partial charge in [0.25, 0.3) is 0 Å². The van der Waals surface area contributed by atoms with Gasteiger partial charge in [0.1, 0.15) is 5.78 Å². The van der Waals surface area contributed by atoms with Gasteiger partial charge in [0.2, 0.25) is 0 Å². The monoisotopic (exact) mass is 252 g/mol. The summed E-state index contributed by atoms with van der Waals surface area (Å²) in [7, 11) is 0. The summed E-state index contributed by atoms with van der Waals surface area (Å²) >= 11 is 0. The Kier molecular flexibility index (Phi) is 2.96. The molecule has 0 heterocycles. The summed E-state index contributed by atoms with van der Waals surface area (Å²) in [5, 5.41) is 10.4. The summed E-state index contributed by atoms with van der Waals surface area (Å²) in [6.45, 7) is 1.52. The molecule has 96 valence electrons. The van der Waals surface area contributed by atoms with Gasteiger partial charge in [0.05, 0.1) is 6.10 Å². The Labute approximate surface area is 112 Å². The van der Waals surface area contributed by atoms with Gasteiger partial charge < -0.3 is 5.11 Å². The Bertz CT molecular complexity index is 585. The lowest BCUT2D eigenvalue weighted by molar-refractivity contribution is -0.119. The van der Waals surface area contributed by atoms with Crippen molar-refractivity contribution in [3.05, 3.63) is 59.7 Å². The van der Waals surface area contributed by atoms with Crippen molar-refractivity contribution in [3.8, 4) is 11.1 Å². The van der Waals surface area contributed by atoms with E-state index in [-0.39, 0.29) is 18.1 Å². The summed E-state index contributed by atoms with van der Waals surface area (Å²) in [6, 6.07) is 16.2. The van der Waals surface area contributed by atoms with Crippen LogP contribution in [0.15, 0.2) is 48.5 Å². The maximum Gasteiger partial charge on any atom is 0.132 e. The highest BCUT2D eigenvalue weighted by atomic mass is 16.3. The van der Waals surface area contributed by atoms with E-state index in [4.69, 9.17) is 0 Å². The minimum absolute atomic E-state index is 0.0226. The van der Waals surface area contributed by atoms with Crippen LogP contribution in [0.1, 0.15) is 30.4 Å². The molecule has 0 bridgehead atoms. The summed E-state index contributed by atoms with van der Waals surface area (Å²) in [5.41, 5.74) is 4.59. The molecule has 2 heteroatoms. The molecule has 0 aliphatic heterocycles. The predicted molar refractivity (Wildman–Crippen MR) is 75.0 cm³/mol. The van der Waals surface area contributed by atoms with Gasteiger partial charge in [-0.3, -0.25) is 4.79 Å². The van der Waals surface area contributed by atoms with E-state index < -0.39 is 6.10 Å². The van der Waals surface area contributed by atoms with Crippen LogP contribution in [0.3, 0.4) is 0 Å². The van der Waals surface area contributed by atoms with Crippen molar-refractivity contribution in [1.82, 2.24) is 0 Å². The highest BCUT2D eigenvalue weighted by Crippen LogP contribution is 2.46. The number of hydrogen-bond donors (Lipinski definition) is 1. The molecule has 0 radical (unpaired) electrons. The van der Waals surface area contributed by atoms with Crippen molar-refractivity contribution < 1.29 is 9.90 Å². The van der Waals surface area contributed by atoms with E-state index in [1.54, 1.807) is 0 Å². The van der Waals surface area contributed by atoms with Crippen molar-refractivity contribution in [2.45, 2.75) is 25.4 Å². The number of benzene rings is 2. The van der Waals surface area contributed by atoms with Gasteiger partial charge in [-0.05, 0) is 29.2 Å². The van der Waals surface area contributed by atoms with Crippen LogP contribution < -0.4 is 0 Å². The molecule has 1 atom stereocenters. The van der Waals surface area contributed by atoms with E-state index in [1.165, 1.54) is 18.1 Å². The zero-order valence-electron chi connectivity index (χ0n) is 10.8. The molecule has 0 saturated carbocycles. The molecule has 0 amide bonds. The first-order valence-electron chi connectivity index (χ1n) is 6.54. The second-order valence-corrected chi connectivity index (χ2v) is 5.13. The first kappa shape index (κ1) is 12.1. The molecule has 0 aromatic heterocycles. The highest BCUT2D eigenvalue weighted by Gasteiger charge is 2.33. The molecule has 2 aromatic carbocycles. The van der Waals surface area contributed by atoms with Crippen LogP contribution in [0.5, 0.6) is 0 Å². The molecule has 1 aliphatic carbocycles. The molecule has 2 nitrogen and oxygen atoms in total. The van der Waals surface area contributed by atoms with Crippen LogP contribution in [-0.4, -0.2) is 17.0 Å². The standard InChI is InChI=1S/C17H16O2/c1-11(18)10-16(19)17-14-8-4-2-6-12(14)13-7-3-5-9-15(13)17/h2-9,16-17,19H,10H2,1H3. The third kappa shape index (κ3) is 1.98. The second-order valence-electron chi connectivity index (χ2n) is 5.13. The Hall–Kier alpha value is -1.93. The maximum atomic E-state index is 11.3. The highest BCUT2D eigenvalue weighted by molar-refractivity contribution is 5.80. The lowest BCUT2D eigenvalue weighted by Crippen LogP contribution is -2.20. The average Bonchev–Trinajstić information content (AvgIpc) is 2.72. The molecule has 0 fully saturated rings. The Morgan fingerprint density at radius 1 is 1.05 bits per heavy atom. The number of fused-ring (bicyclic) bond motifs is 3. The second kappa shape index (κ2) is 4.63. The maximum absolute atomic E-state index is 11.3. The van der Waals surface area contributed by atoms with E-state index in [2.05, 4.69) is 12.1 Å². The number of hydrogen-bond acceptors (Lipinski definition) is 2. The fraction of sp³-hybridized carbons (Fsp3) is 0.235. The number of aliphatic hydroxyl groups is 1. The topological polar surface area (TPSA) is 37.3 Å². The number of carbonyl (C=O) groups excluding carboxylic acids is 1. The summed E-state index contributed by atoms with van der Waals surface area (Å²) < 4.78 is 0. The third-order valence-corrected chi connectivity index (χ3v) is 3.76. The number of ketones is 1. The number of carbonyl (C=O) groups is 1. The van der Waals surface area contributed by atoms with E-state index in [0.29, 0.717) is 0 Å². The van der Waals surface area contributed by atoms with Gasteiger partial charge in [-0.2, -0.15) is 0 Å². The molecular formula is C17H16O2. The van der Waals surface area contributed by atoms with Gasteiger partial charge in [0, 0.05) is 12.3 Å². The zero-order chi connectivity index (χ0) is 13.4. The van der Waals surface area contributed by atoms with Crippen molar-refractivity contribution in [2.75, 3.05) is 0 Å². The van der Waals surface area contributed by atoms with Crippen molar-refractivity contribution in [1.29, 1.82) is 0 Å². The number of Topliss-reactive ketones (excluding diaryl/α,β-unsaturated/α-hetero) is 1. The Morgan fingerprint density at radius 3 is 2.00 bits per heavy atom. The van der Waals surface area contributed by atoms with Crippen molar-refractivity contribution >= 4 is 5.78 Å². The molecular weight excluding hydrogens is 236 g/mol. The molecule has 0 saturated heterocycles. The van der Waals surface area contributed by atoms with Crippen molar-refractivity contribution in [3.63, 3.8) is 0 Å². The lowest BCUT2D eigenvalue weighted by Gasteiger charge is -2.19. The van der Waals surface area contributed by atoms with Crippen LogP contribution >= 0.6 is 0 Å². The van der Waals surface area contributed by atoms with E-state index in [0.717, 1.165) is 11.1 Å². The SMILES string of the molecule is CC(=O)CC(O)C1c2ccccc2-c2ccccc21. The van der Waals surface area contributed by atoms with Gasteiger partial charge >= 0.3 is 0 Å². The van der Waals surface area contributed by atoms with Crippen LogP contribution in [0.4, 0.5) is 0 Å². The minimum Gasteiger partial charge on any atom is -0.392 e. The molecule has 1 unspecified atom stereocenters. The first-order valence-corrected chi connectivity index (χ1v) is 6.54. The average molecular weight is 252 g/mol. The predicted octanol–water partition coefficient (Wildman–Crippen LogP) is 3.14. The molecule has 3 rings (SSSR count). The number of aliphatic hydroxyl groups excluding tert-OH is 1. The zero-order valence-corrected chi connectivity index (χ0v) is 10.8. The van der Waals surface area contributed by atoms with Crippen molar-refractivity contribution in [2.24, 2.45) is 0 Å². The summed E-state index contributed by atoms with van der Waals surface area (Å²) in [4.78, 5) is 11.3. The van der Waals surface area contributed by atoms with Crippen LogP contribution in [0.2, 0.25) is 0 Å². The van der Waals surface area contributed by atoms with E-state index in [1.807, 2.05) is 36.4 Å². The van der Waals surface area contributed by atoms with Gasteiger partial charge in [-0.15, -0.1) is 0 Å². The fourth-order valence-electron chi connectivity index (χ4n) is 3.02. The minimum atomic E-state index is -0.651. The Balaban J connectivity index is 2.12. The largest absolute Gasteiger partial charge is 0.392 e. The third-order valence-electron chi connectivity index (χ3n) is 3.76. The van der Waals surface area contributed by atoms with Crippen LogP contribution in [-0.2, 0) is 4.79 Å². The summed E-state index contributed by atoms with van der Waals surface area (Å²) in [6.07, 6.45) is -0.449. The Morgan fingerprint density at radius 2 is 1.53 bits per heavy atom. The molecule has 2 aromatic rings. The molecule has 19 heavy (non-hydrogen) atoms.